The molecule has 0 aliphatic rings. The summed E-state index contributed by atoms with van der Waals surface area (Å²) in [4.78, 5) is 17.8. The first-order chi connectivity index (χ1) is 9.11. The lowest BCUT2D eigenvalue weighted by atomic mass is 10.2. The molecular formula is C15H18N2O2. The van der Waals surface area contributed by atoms with E-state index >= 15 is 0 Å². The highest BCUT2D eigenvalue weighted by Crippen LogP contribution is 2.17. The summed E-state index contributed by atoms with van der Waals surface area (Å²) in [5, 5.41) is 0. The first-order valence-electron chi connectivity index (χ1n) is 6.35. The van der Waals surface area contributed by atoms with Gasteiger partial charge in [-0.1, -0.05) is 6.92 Å². The van der Waals surface area contributed by atoms with Crippen LogP contribution in [0.2, 0.25) is 0 Å². The Labute approximate surface area is 113 Å². The van der Waals surface area contributed by atoms with Crippen LogP contribution in [-0.4, -0.2) is 17.8 Å². The average molecular weight is 258 g/mol. The van der Waals surface area contributed by atoms with Crippen molar-refractivity contribution in [3.05, 3.63) is 47.7 Å². The number of carbonyl (C=O) groups is 1. The smallest absolute Gasteiger partial charge is 0.180 e. The van der Waals surface area contributed by atoms with Gasteiger partial charge in [0.15, 0.2) is 5.78 Å². The fourth-order valence-corrected chi connectivity index (χ4v) is 1.88. The first kappa shape index (κ1) is 13.3. The van der Waals surface area contributed by atoms with Crippen molar-refractivity contribution in [2.24, 2.45) is 0 Å². The number of hydrogen-bond acceptors (Lipinski definition) is 4. The normalized spacial score (nSPS) is 10.5. The second-order valence-electron chi connectivity index (χ2n) is 4.54. The minimum absolute atomic E-state index is 0.0693. The highest BCUT2D eigenvalue weighted by atomic mass is 16.3. The van der Waals surface area contributed by atoms with E-state index in [2.05, 4.69) is 9.88 Å². The summed E-state index contributed by atoms with van der Waals surface area (Å²) in [6.07, 6.45) is 3.91. The van der Waals surface area contributed by atoms with Gasteiger partial charge in [0.05, 0.1) is 18.1 Å². The van der Waals surface area contributed by atoms with E-state index in [1.165, 1.54) is 0 Å². The molecular weight excluding hydrogens is 240 g/mol. The predicted molar refractivity (Wildman–Crippen MR) is 74.4 cm³/mol. The zero-order valence-electron chi connectivity index (χ0n) is 11.5. The molecule has 2 aromatic heterocycles. The number of nitrogens with zero attached hydrogens (tertiary/aromatic N) is 2. The fourth-order valence-electron chi connectivity index (χ4n) is 1.88. The van der Waals surface area contributed by atoms with Crippen LogP contribution in [0.1, 0.15) is 35.2 Å². The molecule has 0 amide bonds. The van der Waals surface area contributed by atoms with Gasteiger partial charge in [-0.25, -0.2) is 0 Å². The molecule has 0 bridgehead atoms. The quantitative estimate of drug-likeness (QED) is 0.772. The van der Waals surface area contributed by atoms with Gasteiger partial charge in [-0.3, -0.25) is 9.78 Å². The fraction of sp³-hybridized carbons (Fsp3) is 0.333. The third-order valence-electron chi connectivity index (χ3n) is 3.17. The number of aryl methyl sites for hydroxylation is 1. The zero-order valence-corrected chi connectivity index (χ0v) is 11.5. The number of pyridine rings is 1. The maximum absolute atomic E-state index is 11.5. The van der Waals surface area contributed by atoms with Gasteiger partial charge in [0.25, 0.3) is 0 Å². The lowest BCUT2D eigenvalue weighted by molar-refractivity contribution is 0.0983. The Morgan fingerprint density at radius 3 is 2.68 bits per heavy atom. The van der Waals surface area contributed by atoms with Crippen LogP contribution >= 0.6 is 0 Å². The second kappa shape index (κ2) is 5.69. The van der Waals surface area contributed by atoms with Crippen molar-refractivity contribution in [2.45, 2.75) is 26.8 Å². The Hall–Kier alpha value is -2.10. The molecule has 0 fully saturated rings. The largest absolute Gasteiger partial charge is 0.469 e. The van der Waals surface area contributed by atoms with Crippen LogP contribution in [0.4, 0.5) is 5.69 Å². The van der Waals surface area contributed by atoms with E-state index in [1.807, 2.05) is 33.0 Å². The summed E-state index contributed by atoms with van der Waals surface area (Å²) in [5.41, 5.74) is 2.66. The molecule has 0 radical (unpaired) electrons. The van der Waals surface area contributed by atoms with Crippen molar-refractivity contribution in [3.63, 3.8) is 0 Å². The SMILES string of the molecule is CCC(=O)c1ccc(N(C)Cc2ccoc2C)cn1. The molecule has 2 rings (SSSR count). The first-order valence-corrected chi connectivity index (χ1v) is 6.35. The summed E-state index contributed by atoms with van der Waals surface area (Å²) >= 11 is 0. The van der Waals surface area contributed by atoms with Gasteiger partial charge in [0.2, 0.25) is 0 Å². The molecule has 100 valence electrons. The number of ketones is 1. The van der Waals surface area contributed by atoms with Gasteiger partial charge in [0.1, 0.15) is 11.5 Å². The summed E-state index contributed by atoms with van der Waals surface area (Å²) < 4.78 is 5.28. The minimum atomic E-state index is 0.0693. The van der Waals surface area contributed by atoms with Gasteiger partial charge in [-0.05, 0) is 25.1 Å². The zero-order chi connectivity index (χ0) is 13.8. The summed E-state index contributed by atoms with van der Waals surface area (Å²) in [6.45, 7) is 4.54. The molecule has 4 nitrogen and oxygen atoms in total. The van der Waals surface area contributed by atoms with Crippen molar-refractivity contribution in [2.75, 3.05) is 11.9 Å². The van der Waals surface area contributed by atoms with Crippen LogP contribution in [0.15, 0.2) is 35.1 Å². The summed E-state index contributed by atoms with van der Waals surface area (Å²) in [6, 6.07) is 5.67. The van der Waals surface area contributed by atoms with Gasteiger partial charge in [0, 0.05) is 25.6 Å². The van der Waals surface area contributed by atoms with E-state index in [0.29, 0.717) is 12.1 Å². The van der Waals surface area contributed by atoms with E-state index in [0.717, 1.165) is 23.6 Å². The highest BCUT2D eigenvalue weighted by molar-refractivity contribution is 5.94. The van der Waals surface area contributed by atoms with Gasteiger partial charge >= 0.3 is 0 Å². The number of hydrogen-bond donors (Lipinski definition) is 0. The van der Waals surface area contributed by atoms with Crippen LogP contribution in [0.25, 0.3) is 0 Å². The van der Waals surface area contributed by atoms with Crippen molar-refractivity contribution in [1.82, 2.24) is 4.98 Å². The molecule has 0 aliphatic heterocycles. The van der Waals surface area contributed by atoms with Crippen LogP contribution in [0.5, 0.6) is 0 Å². The van der Waals surface area contributed by atoms with E-state index < -0.39 is 0 Å². The van der Waals surface area contributed by atoms with E-state index in [1.54, 1.807) is 18.5 Å². The number of aromatic nitrogens is 1. The van der Waals surface area contributed by atoms with Crippen molar-refractivity contribution >= 4 is 11.5 Å². The Morgan fingerprint density at radius 2 is 2.16 bits per heavy atom. The summed E-state index contributed by atoms with van der Waals surface area (Å²) in [5.74, 6) is 0.998. The number of Topliss-reactive ketones (excluding diaryl/α,β-unsaturated/α-hetero) is 1. The molecule has 4 heteroatoms. The highest BCUT2D eigenvalue weighted by Gasteiger charge is 2.09. The summed E-state index contributed by atoms with van der Waals surface area (Å²) in [7, 11) is 1.99. The van der Waals surface area contributed by atoms with Crippen LogP contribution < -0.4 is 4.90 Å². The molecule has 2 aromatic rings. The topological polar surface area (TPSA) is 46.3 Å². The molecule has 0 aromatic carbocycles. The molecule has 0 atom stereocenters. The Bertz CT molecular complexity index is 558. The minimum Gasteiger partial charge on any atom is -0.469 e. The van der Waals surface area contributed by atoms with E-state index in [4.69, 9.17) is 4.42 Å². The molecule has 0 aliphatic carbocycles. The van der Waals surface area contributed by atoms with E-state index in [9.17, 15) is 4.79 Å². The van der Waals surface area contributed by atoms with Crippen molar-refractivity contribution < 1.29 is 9.21 Å². The number of rotatable bonds is 5. The number of carbonyl (C=O) groups excluding carboxylic acids is 1. The molecule has 19 heavy (non-hydrogen) atoms. The van der Waals surface area contributed by atoms with Gasteiger partial charge in [-0.2, -0.15) is 0 Å². The van der Waals surface area contributed by atoms with Crippen LogP contribution in [-0.2, 0) is 6.54 Å². The lowest BCUT2D eigenvalue weighted by Crippen LogP contribution is -2.17. The Kier molecular flexibility index (Phi) is 4.00. The van der Waals surface area contributed by atoms with Crippen molar-refractivity contribution in [1.29, 1.82) is 0 Å². The van der Waals surface area contributed by atoms with Crippen molar-refractivity contribution in [3.8, 4) is 0 Å². The predicted octanol–water partition coefficient (Wildman–Crippen LogP) is 3.21. The molecule has 0 saturated heterocycles. The maximum atomic E-state index is 11.5. The third kappa shape index (κ3) is 3.02. The lowest BCUT2D eigenvalue weighted by Gasteiger charge is -2.18. The van der Waals surface area contributed by atoms with Gasteiger partial charge in [-0.15, -0.1) is 0 Å². The Balaban J connectivity index is 2.09. The maximum Gasteiger partial charge on any atom is 0.180 e. The number of furan rings is 1. The van der Waals surface area contributed by atoms with Gasteiger partial charge < -0.3 is 9.32 Å². The Morgan fingerprint density at radius 1 is 1.37 bits per heavy atom. The van der Waals surface area contributed by atoms with Crippen LogP contribution in [0, 0.1) is 6.92 Å². The number of anilines is 1. The molecule has 2 heterocycles. The monoisotopic (exact) mass is 258 g/mol. The molecule has 0 unspecified atom stereocenters. The second-order valence-corrected chi connectivity index (χ2v) is 4.54. The molecule has 0 saturated carbocycles. The standard InChI is InChI=1S/C15H18N2O2/c1-4-15(18)14-6-5-13(9-16-14)17(3)10-12-7-8-19-11(12)2/h5-9H,4,10H2,1-3H3. The average Bonchev–Trinajstić information content (AvgIpc) is 2.83. The van der Waals surface area contributed by atoms with E-state index in [-0.39, 0.29) is 5.78 Å². The third-order valence-corrected chi connectivity index (χ3v) is 3.17. The van der Waals surface area contributed by atoms with Crippen LogP contribution in [0.3, 0.4) is 0 Å². The molecule has 0 spiro atoms. The molecule has 0 N–H and O–H groups in total.